The molecule has 0 aliphatic heterocycles. The van der Waals surface area contributed by atoms with Crippen molar-refractivity contribution in [2.75, 3.05) is 11.9 Å². The van der Waals surface area contributed by atoms with Crippen LogP contribution in [0.15, 0.2) is 61.1 Å². The molecule has 182 valence electrons. The van der Waals surface area contributed by atoms with Gasteiger partial charge in [-0.25, -0.2) is 9.97 Å². The molecule has 0 aliphatic carbocycles. The van der Waals surface area contributed by atoms with Crippen LogP contribution < -0.4 is 15.4 Å². The number of ether oxygens (including phenoxy) is 1. The summed E-state index contributed by atoms with van der Waals surface area (Å²) < 4.78 is 7.90. The number of carbonyl (C=O) groups is 1. The van der Waals surface area contributed by atoms with Gasteiger partial charge in [0.25, 0.3) is 0 Å². The number of aliphatic hydroxyl groups excluding tert-OH is 1. The first-order valence-electron chi connectivity index (χ1n) is 11.3. The number of amides is 1. The van der Waals surface area contributed by atoms with E-state index in [-0.39, 0.29) is 12.5 Å². The van der Waals surface area contributed by atoms with Gasteiger partial charge in [0, 0.05) is 30.4 Å². The van der Waals surface area contributed by atoms with Crippen molar-refractivity contribution in [3.8, 4) is 11.5 Å². The number of benzene rings is 2. The zero-order chi connectivity index (χ0) is 25.0. The number of nitrogens with zero attached hydrogens (tertiary/aromatic N) is 3. The highest BCUT2D eigenvalue weighted by Gasteiger charge is 2.20. The van der Waals surface area contributed by atoms with Gasteiger partial charge in [0.2, 0.25) is 5.91 Å². The molecule has 0 saturated heterocycles. The largest absolute Gasteiger partial charge is 0.456 e. The maximum Gasteiger partial charge on any atom is 0.225 e. The molecule has 0 unspecified atom stereocenters. The van der Waals surface area contributed by atoms with Gasteiger partial charge >= 0.3 is 0 Å². The summed E-state index contributed by atoms with van der Waals surface area (Å²) >= 11 is 6.52. The van der Waals surface area contributed by atoms with Crippen molar-refractivity contribution in [2.45, 2.75) is 33.9 Å². The zero-order valence-electron chi connectivity index (χ0n) is 19.9. The van der Waals surface area contributed by atoms with Gasteiger partial charge in [0.1, 0.15) is 23.3 Å². The third kappa shape index (κ3) is 5.90. The molecule has 35 heavy (non-hydrogen) atoms. The predicted molar refractivity (Wildman–Crippen MR) is 137 cm³/mol. The van der Waals surface area contributed by atoms with Gasteiger partial charge in [-0.2, -0.15) is 0 Å². The number of fused-ring (bicyclic) bond motifs is 1. The van der Waals surface area contributed by atoms with Crippen molar-refractivity contribution < 1.29 is 14.6 Å². The summed E-state index contributed by atoms with van der Waals surface area (Å²) in [5, 5.41) is 16.0. The fourth-order valence-corrected chi connectivity index (χ4v) is 3.73. The zero-order valence-corrected chi connectivity index (χ0v) is 20.6. The highest BCUT2D eigenvalue weighted by molar-refractivity contribution is 6.32. The van der Waals surface area contributed by atoms with Crippen molar-refractivity contribution in [1.29, 1.82) is 0 Å². The Morgan fingerprint density at radius 3 is 2.71 bits per heavy atom. The van der Waals surface area contributed by atoms with Crippen LogP contribution in [0.4, 0.5) is 11.5 Å². The molecule has 4 aromatic rings. The molecular formula is C26H28ClN5O3. The fourth-order valence-electron chi connectivity index (χ4n) is 3.51. The number of halogens is 1. The first kappa shape index (κ1) is 24.5. The van der Waals surface area contributed by atoms with E-state index in [0.29, 0.717) is 35.4 Å². The lowest BCUT2D eigenvalue weighted by Crippen LogP contribution is -2.34. The number of nitrogens with one attached hydrogen (secondary N) is 2. The Labute approximate surface area is 208 Å². The Bertz CT molecular complexity index is 1350. The second-order valence-electron chi connectivity index (χ2n) is 9.14. The average molecular weight is 494 g/mol. The van der Waals surface area contributed by atoms with Crippen LogP contribution >= 0.6 is 11.6 Å². The van der Waals surface area contributed by atoms with Crippen LogP contribution in [0.1, 0.15) is 26.3 Å². The number of hydrogen-bond acceptors (Lipinski definition) is 6. The molecule has 0 saturated carbocycles. The van der Waals surface area contributed by atoms with E-state index in [1.165, 1.54) is 6.33 Å². The molecule has 0 aliphatic rings. The van der Waals surface area contributed by atoms with Crippen molar-refractivity contribution in [3.05, 3.63) is 71.6 Å². The molecule has 8 nitrogen and oxygen atoms in total. The van der Waals surface area contributed by atoms with Crippen LogP contribution in [0.25, 0.3) is 11.0 Å². The molecule has 0 radical (unpaired) electrons. The van der Waals surface area contributed by atoms with Gasteiger partial charge in [-0.05, 0) is 42.0 Å². The van der Waals surface area contributed by atoms with E-state index in [4.69, 9.17) is 16.3 Å². The summed E-state index contributed by atoms with van der Waals surface area (Å²) in [5.41, 5.74) is 2.79. The number of aromatic nitrogens is 3. The molecule has 0 atom stereocenters. The first-order valence-corrected chi connectivity index (χ1v) is 11.6. The van der Waals surface area contributed by atoms with Crippen LogP contribution in [0.2, 0.25) is 5.02 Å². The van der Waals surface area contributed by atoms with E-state index in [1.54, 1.807) is 12.1 Å². The van der Waals surface area contributed by atoms with Crippen LogP contribution in [0.5, 0.6) is 11.5 Å². The Hall–Kier alpha value is -3.62. The lowest BCUT2D eigenvalue weighted by atomic mass is 9.95. The fraction of sp³-hybridized carbons (Fsp3) is 0.269. The summed E-state index contributed by atoms with van der Waals surface area (Å²) in [6, 6.07) is 14.8. The lowest BCUT2D eigenvalue weighted by molar-refractivity contribution is -0.128. The normalized spacial score (nSPS) is 11.5. The number of hydrogen-bond donors (Lipinski definition) is 3. The van der Waals surface area contributed by atoms with Gasteiger partial charge in [-0.3, -0.25) is 4.79 Å². The Kier molecular flexibility index (Phi) is 7.23. The Morgan fingerprint density at radius 1 is 1.14 bits per heavy atom. The number of aliphatic hydroxyl groups is 1. The quantitative estimate of drug-likeness (QED) is 0.309. The van der Waals surface area contributed by atoms with Crippen molar-refractivity contribution in [1.82, 2.24) is 19.9 Å². The first-order chi connectivity index (χ1) is 16.7. The summed E-state index contributed by atoms with van der Waals surface area (Å²) in [5.74, 6) is 1.72. The molecule has 0 spiro atoms. The molecule has 2 aromatic heterocycles. The van der Waals surface area contributed by atoms with E-state index < -0.39 is 5.41 Å². The van der Waals surface area contributed by atoms with Crippen molar-refractivity contribution in [3.63, 3.8) is 0 Å². The molecule has 4 rings (SSSR count). The van der Waals surface area contributed by atoms with Gasteiger partial charge in [-0.15, -0.1) is 0 Å². The van der Waals surface area contributed by atoms with Gasteiger partial charge in [0.05, 0.1) is 17.1 Å². The average Bonchev–Trinajstić information content (AvgIpc) is 3.23. The molecule has 0 bridgehead atoms. The summed E-state index contributed by atoms with van der Waals surface area (Å²) in [6.07, 6.45) is 3.36. The highest BCUT2D eigenvalue weighted by Crippen LogP contribution is 2.33. The topological polar surface area (TPSA) is 101 Å². The van der Waals surface area contributed by atoms with Crippen molar-refractivity contribution in [2.24, 2.45) is 5.41 Å². The monoisotopic (exact) mass is 493 g/mol. The van der Waals surface area contributed by atoms with Gasteiger partial charge in [-0.1, -0.05) is 44.5 Å². The number of rotatable bonds is 8. The van der Waals surface area contributed by atoms with E-state index >= 15 is 0 Å². The highest BCUT2D eigenvalue weighted by atomic mass is 35.5. The number of anilines is 2. The predicted octanol–water partition coefficient (Wildman–Crippen LogP) is 5.28. The summed E-state index contributed by atoms with van der Waals surface area (Å²) in [4.78, 5) is 20.8. The Morgan fingerprint density at radius 2 is 1.97 bits per heavy atom. The smallest absolute Gasteiger partial charge is 0.225 e. The van der Waals surface area contributed by atoms with Crippen LogP contribution in [0, 0.1) is 5.41 Å². The third-order valence-electron chi connectivity index (χ3n) is 5.35. The molecule has 3 N–H and O–H groups in total. The molecule has 2 aromatic carbocycles. The van der Waals surface area contributed by atoms with Gasteiger partial charge in [0.15, 0.2) is 5.82 Å². The van der Waals surface area contributed by atoms with E-state index in [0.717, 1.165) is 22.3 Å². The Balaban J connectivity index is 1.48. The molecule has 9 heteroatoms. The second-order valence-corrected chi connectivity index (χ2v) is 9.55. The summed E-state index contributed by atoms with van der Waals surface area (Å²) in [6.45, 7) is 6.50. The van der Waals surface area contributed by atoms with Crippen LogP contribution in [0.3, 0.4) is 0 Å². The SMILES string of the molecule is CC(C)(C)C(=O)NCc1cccc(Oc2ccc(Nc3ncnc4ccn(CCO)c34)cc2Cl)c1. The van der Waals surface area contributed by atoms with Crippen LogP contribution in [-0.2, 0) is 17.9 Å². The van der Waals surface area contributed by atoms with E-state index in [1.807, 2.05) is 67.9 Å². The minimum atomic E-state index is -0.448. The lowest BCUT2D eigenvalue weighted by Gasteiger charge is -2.18. The van der Waals surface area contributed by atoms with E-state index in [2.05, 4.69) is 20.6 Å². The minimum absolute atomic E-state index is 0.0140. The maximum atomic E-state index is 12.1. The molecule has 2 heterocycles. The second kappa shape index (κ2) is 10.3. The molecular weight excluding hydrogens is 466 g/mol. The molecule has 1 amide bonds. The third-order valence-corrected chi connectivity index (χ3v) is 5.64. The number of carbonyl (C=O) groups excluding carboxylic acids is 1. The summed E-state index contributed by atoms with van der Waals surface area (Å²) in [7, 11) is 0. The van der Waals surface area contributed by atoms with Crippen molar-refractivity contribution >= 4 is 40.0 Å². The van der Waals surface area contributed by atoms with Crippen LogP contribution in [-0.4, -0.2) is 32.2 Å². The maximum absolute atomic E-state index is 12.1. The minimum Gasteiger partial charge on any atom is -0.456 e. The van der Waals surface area contributed by atoms with E-state index in [9.17, 15) is 9.90 Å². The molecule has 0 fully saturated rings. The standard InChI is InChI=1S/C26H28ClN5O3/c1-26(2,3)25(34)28-15-17-5-4-6-19(13-17)35-22-8-7-18(14-20(22)27)31-24-23-21(29-16-30-24)9-10-32(23)11-12-33/h4-10,13-14,16,33H,11-12,15H2,1-3H3,(H,28,34)(H,29,30,31). The van der Waals surface area contributed by atoms with Gasteiger partial charge < -0.3 is 25.0 Å².